The Hall–Kier alpha value is -3.18. The van der Waals surface area contributed by atoms with E-state index in [9.17, 15) is 4.79 Å². The molecule has 0 radical (unpaired) electrons. The molecule has 0 bridgehead atoms. The molecular formula is C29H31NO3S. The molecule has 0 atom stereocenters. The summed E-state index contributed by atoms with van der Waals surface area (Å²) in [4.78, 5) is 14.1. The van der Waals surface area contributed by atoms with Gasteiger partial charge in [-0.25, -0.2) is 0 Å². The van der Waals surface area contributed by atoms with Gasteiger partial charge in [-0.05, 0) is 73.9 Å². The summed E-state index contributed by atoms with van der Waals surface area (Å²) in [7, 11) is 1.70. The van der Waals surface area contributed by atoms with Crippen molar-refractivity contribution in [2.24, 2.45) is 0 Å². The highest BCUT2D eigenvalue weighted by Gasteiger charge is 2.12. The second kappa shape index (κ2) is 11.8. The number of fused-ring (bicyclic) bond motifs is 1. The molecule has 0 saturated heterocycles. The number of rotatable bonds is 11. The van der Waals surface area contributed by atoms with Crippen LogP contribution in [0.25, 0.3) is 22.2 Å². The Morgan fingerprint density at radius 1 is 0.882 bits per heavy atom. The average molecular weight is 474 g/mol. The molecule has 0 aliphatic rings. The van der Waals surface area contributed by atoms with Gasteiger partial charge in [-0.2, -0.15) is 0 Å². The molecule has 34 heavy (non-hydrogen) atoms. The molecule has 0 spiro atoms. The van der Waals surface area contributed by atoms with Crippen LogP contribution >= 0.6 is 11.8 Å². The van der Waals surface area contributed by atoms with Gasteiger partial charge in [0.15, 0.2) is 0 Å². The van der Waals surface area contributed by atoms with Gasteiger partial charge < -0.3 is 14.0 Å². The fourth-order valence-electron chi connectivity index (χ4n) is 4.12. The summed E-state index contributed by atoms with van der Waals surface area (Å²) in [5.74, 6) is 0.760. The standard InChI is InChI=1S/C29H31NO3S/c1-3-33-29(31)12-8-5-9-19-30-27-18-15-24(32-2)20-23(27)21-28(30)22-13-16-26(17-14-22)34-25-10-6-4-7-11-25/h4,6-7,10-11,13-18,20-21H,3,5,8-9,12,19H2,1-2H3. The van der Waals surface area contributed by atoms with Crippen molar-refractivity contribution in [2.45, 2.75) is 48.9 Å². The van der Waals surface area contributed by atoms with Crippen molar-refractivity contribution in [2.75, 3.05) is 13.7 Å². The van der Waals surface area contributed by atoms with E-state index in [0.29, 0.717) is 13.0 Å². The first-order valence-corrected chi connectivity index (χ1v) is 12.7. The topological polar surface area (TPSA) is 40.5 Å². The third-order valence-corrected chi connectivity index (χ3v) is 6.82. The number of carbonyl (C=O) groups is 1. The number of aromatic nitrogens is 1. The second-order valence-corrected chi connectivity index (χ2v) is 9.31. The minimum atomic E-state index is -0.102. The van der Waals surface area contributed by atoms with Crippen molar-refractivity contribution in [3.8, 4) is 17.0 Å². The Morgan fingerprint density at radius 2 is 1.65 bits per heavy atom. The van der Waals surface area contributed by atoms with E-state index in [2.05, 4.69) is 71.3 Å². The third kappa shape index (κ3) is 6.03. The number of unbranched alkanes of at least 4 members (excludes halogenated alkanes) is 2. The fourth-order valence-corrected chi connectivity index (χ4v) is 4.96. The number of hydrogen-bond acceptors (Lipinski definition) is 4. The first-order chi connectivity index (χ1) is 16.7. The SMILES string of the molecule is CCOC(=O)CCCCCn1c(-c2ccc(Sc3ccccc3)cc2)cc2cc(OC)ccc21. The Kier molecular flexibility index (Phi) is 8.31. The van der Waals surface area contributed by atoms with Crippen LogP contribution in [0, 0.1) is 0 Å². The van der Waals surface area contributed by atoms with Crippen molar-refractivity contribution in [1.82, 2.24) is 4.57 Å². The number of nitrogens with zero attached hydrogens (tertiary/aromatic N) is 1. The van der Waals surface area contributed by atoms with Gasteiger partial charge in [0.25, 0.3) is 0 Å². The van der Waals surface area contributed by atoms with Gasteiger partial charge in [-0.15, -0.1) is 0 Å². The molecule has 3 aromatic carbocycles. The molecule has 176 valence electrons. The zero-order valence-corrected chi connectivity index (χ0v) is 20.6. The summed E-state index contributed by atoms with van der Waals surface area (Å²) in [6.45, 7) is 3.19. The number of aryl methyl sites for hydroxylation is 1. The van der Waals surface area contributed by atoms with Crippen molar-refractivity contribution in [1.29, 1.82) is 0 Å². The van der Waals surface area contributed by atoms with Gasteiger partial charge in [0.05, 0.1) is 13.7 Å². The lowest BCUT2D eigenvalue weighted by atomic mass is 10.1. The maximum absolute atomic E-state index is 11.6. The van der Waals surface area contributed by atoms with E-state index in [4.69, 9.17) is 9.47 Å². The van der Waals surface area contributed by atoms with Crippen LogP contribution in [0.2, 0.25) is 0 Å². The zero-order valence-electron chi connectivity index (χ0n) is 19.8. The van der Waals surface area contributed by atoms with Crippen LogP contribution in [0.1, 0.15) is 32.6 Å². The molecule has 4 aromatic rings. The van der Waals surface area contributed by atoms with Crippen LogP contribution in [0.15, 0.2) is 88.7 Å². The van der Waals surface area contributed by atoms with Gasteiger partial charge in [0, 0.05) is 39.4 Å². The molecule has 4 nitrogen and oxygen atoms in total. The Bertz CT molecular complexity index is 1220. The van der Waals surface area contributed by atoms with Crippen LogP contribution in [-0.4, -0.2) is 24.3 Å². The number of methoxy groups -OCH3 is 1. The summed E-state index contributed by atoms with van der Waals surface area (Å²) in [5, 5.41) is 1.17. The Morgan fingerprint density at radius 3 is 2.38 bits per heavy atom. The predicted octanol–water partition coefficient (Wildman–Crippen LogP) is 7.59. The van der Waals surface area contributed by atoms with Crippen molar-refractivity contribution < 1.29 is 14.3 Å². The zero-order chi connectivity index (χ0) is 23.8. The molecule has 1 heterocycles. The highest BCUT2D eigenvalue weighted by molar-refractivity contribution is 7.99. The number of esters is 1. The highest BCUT2D eigenvalue weighted by atomic mass is 32.2. The molecule has 1 aromatic heterocycles. The van der Waals surface area contributed by atoms with Gasteiger partial charge in [0.2, 0.25) is 0 Å². The molecule has 0 N–H and O–H groups in total. The molecule has 4 rings (SSSR count). The lowest BCUT2D eigenvalue weighted by molar-refractivity contribution is -0.143. The molecule has 0 aliphatic heterocycles. The van der Waals surface area contributed by atoms with E-state index in [-0.39, 0.29) is 5.97 Å². The molecular weight excluding hydrogens is 442 g/mol. The maximum atomic E-state index is 11.6. The smallest absolute Gasteiger partial charge is 0.305 e. The van der Waals surface area contributed by atoms with Crippen molar-refractivity contribution >= 4 is 28.6 Å². The average Bonchev–Trinajstić information content (AvgIpc) is 3.22. The van der Waals surface area contributed by atoms with Crippen molar-refractivity contribution in [3.63, 3.8) is 0 Å². The quantitative estimate of drug-likeness (QED) is 0.166. The monoisotopic (exact) mass is 473 g/mol. The van der Waals surface area contributed by atoms with E-state index in [1.165, 1.54) is 32.0 Å². The summed E-state index contributed by atoms with van der Waals surface area (Å²) in [6.07, 6.45) is 3.34. The van der Waals surface area contributed by atoms with Crippen LogP contribution in [-0.2, 0) is 16.1 Å². The number of hydrogen-bond donors (Lipinski definition) is 0. The highest BCUT2D eigenvalue weighted by Crippen LogP contribution is 2.33. The van der Waals surface area contributed by atoms with Crippen molar-refractivity contribution in [3.05, 3.63) is 78.9 Å². The molecule has 5 heteroatoms. The third-order valence-electron chi connectivity index (χ3n) is 5.81. The minimum absolute atomic E-state index is 0.102. The first-order valence-electron chi connectivity index (χ1n) is 11.8. The fraction of sp³-hybridized carbons (Fsp3) is 0.276. The summed E-state index contributed by atoms with van der Waals surface area (Å²) >= 11 is 1.77. The van der Waals surface area contributed by atoms with Crippen LogP contribution < -0.4 is 4.74 Å². The largest absolute Gasteiger partial charge is 0.497 e. The second-order valence-electron chi connectivity index (χ2n) is 8.16. The van der Waals surface area contributed by atoms with Crippen LogP contribution in [0.4, 0.5) is 0 Å². The lowest BCUT2D eigenvalue weighted by Crippen LogP contribution is -2.04. The molecule has 0 amide bonds. The number of ether oxygens (including phenoxy) is 2. The van der Waals surface area contributed by atoms with Gasteiger partial charge >= 0.3 is 5.97 Å². The van der Waals surface area contributed by atoms with Gasteiger partial charge in [0.1, 0.15) is 5.75 Å². The number of benzene rings is 3. The summed E-state index contributed by atoms with van der Waals surface area (Å²) in [6, 6.07) is 27.7. The maximum Gasteiger partial charge on any atom is 0.305 e. The number of carbonyl (C=O) groups excluding carboxylic acids is 1. The van der Waals surface area contributed by atoms with Gasteiger partial charge in [-0.3, -0.25) is 4.79 Å². The summed E-state index contributed by atoms with van der Waals surface area (Å²) in [5.41, 5.74) is 3.59. The van der Waals surface area contributed by atoms with Gasteiger partial charge in [-0.1, -0.05) is 48.5 Å². The Labute approximate surface area is 205 Å². The first kappa shape index (κ1) is 24.0. The van der Waals surface area contributed by atoms with Crippen LogP contribution in [0.3, 0.4) is 0 Å². The van der Waals surface area contributed by atoms with E-state index < -0.39 is 0 Å². The molecule has 0 saturated carbocycles. The van der Waals surface area contributed by atoms with E-state index in [0.717, 1.165) is 31.6 Å². The lowest BCUT2D eigenvalue weighted by Gasteiger charge is -2.12. The molecule has 0 aliphatic carbocycles. The summed E-state index contributed by atoms with van der Waals surface area (Å²) < 4.78 is 12.9. The predicted molar refractivity (Wildman–Crippen MR) is 140 cm³/mol. The van der Waals surface area contributed by atoms with E-state index >= 15 is 0 Å². The normalized spacial score (nSPS) is 11.0. The van der Waals surface area contributed by atoms with E-state index in [1.807, 2.05) is 19.1 Å². The molecule has 0 fully saturated rings. The molecule has 0 unspecified atom stereocenters. The minimum Gasteiger partial charge on any atom is -0.497 e. The Balaban J connectivity index is 1.53. The van der Waals surface area contributed by atoms with Crippen LogP contribution in [0.5, 0.6) is 5.75 Å². The van der Waals surface area contributed by atoms with E-state index in [1.54, 1.807) is 18.9 Å².